The van der Waals surface area contributed by atoms with Gasteiger partial charge < -0.3 is 18.9 Å². The van der Waals surface area contributed by atoms with Crippen LogP contribution in [0.1, 0.15) is 63.7 Å². The summed E-state index contributed by atoms with van der Waals surface area (Å²) in [6.07, 6.45) is 14.7. The first kappa shape index (κ1) is 40.2. The molecule has 11 rings (SSSR count). The van der Waals surface area contributed by atoms with Gasteiger partial charge in [0.05, 0.1) is 39.0 Å². The SMILES string of the molecule is C#COc1ccc(N2C(=O)c3ccc(Oc4ccc(C5(c6ccc(Oc7ccc8c(c7)C(=O)N(c7ccc(OC#C)cc7)C8=O)cc6)c6ccccc6-c6ccccc65)cc4)cc3C2=O)cc1. The fraction of sp³-hybridized carbons (Fsp3) is 0.0175. The summed E-state index contributed by atoms with van der Waals surface area (Å²) in [5.41, 5.74) is 7.46. The van der Waals surface area contributed by atoms with Crippen LogP contribution in [0.4, 0.5) is 11.4 Å². The van der Waals surface area contributed by atoms with Crippen molar-refractivity contribution in [2.75, 3.05) is 9.80 Å². The fourth-order valence-electron chi connectivity index (χ4n) is 9.34. The highest BCUT2D eigenvalue weighted by atomic mass is 16.5. The summed E-state index contributed by atoms with van der Waals surface area (Å²) in [5.74, 6) is 0.873. The molecule has 0 fully saturated rings. The Bertz CT molecular complexity index is 3220. The molecule has 10 nitrogen and oxygen atoms in total. The number of imide groups is 2. The quantitative estimate of drug-likeness (QED) is 0.0986. The molecule has 4 amide bonds. The maximum atomic E-state index is 13.6. The van der Waals surface area contributed by atoms with E-state index in [9.17, 15) is 19.2 Å². The second-order valence-electron chi connectivity index (χ2n) is 15.8. The van der Waals surface area contributed by atoms with Gasteiger partial charge in [-0.2, -0.15) is 0 Å². The molecular formula is C57H32N2O8. The van der Waals surface area contributed by atoms with Crippen molar-refractivity contribution in [3.05, 3.63) is 226 Å². The molecule has 2 aliphatic heterocycles. The Hall–Kier alpha value is -9.64. The van der Waals surface area contributed by atoms with Crippen molar-refractivity contribution < 1.29 is 38.1 Å². The lowest BCUT2D eigenvalue weighted by Crippen LogP contribution is -2.29. The zero-order chi connectivity index (χ0) is 45.8. The molecule has 10 heteroatoms. The van der Waals surface area contributed by atoms with Crippen LogP contribution in [0.15, 0.2) is 182 Å². The van der Waals surface area contributed by atoms with E-state index in [0.717, 1.165) is 43.2 Å². The maximum absolute atomic E-state index is 13.6. The monoisotopic (exact) mass is 872 g/mol. The third kappa shape index (κ3) is 6.48. The highest BCUT2D eigenvalue weighted by Gasteiger charge is 2.46. The lowest BCUT2D eigenvalue weighted by Gasteiger charge is -2.34. The van der Waals surface area contributed by atoms with Gasteiger partial charge in [0.15, 0.2) is 0 Å². The van der Waals surface area contributed by atoms with Crippen LogP contribution >= 0.6 is 0 Å². The van der Waals surface area contributed by atoms with E-state index in [1.165, 1.54) is 0 Å². The first-order chi connectivity index (χ1) is 32.8. The van der Waals surface area contributed by atoms with Crippen LogP contribution in [0, 0.1) is 25.1 Å². The van der Waals surface area contributed by atoms with Crippen molar-refractivity contribution in [2.45, 2.75) is 5.41 Å². The first-order valence-electron chi connectivity index (χ1n) is 21.0. The summed E-state index contributed by atoms with van der Waals surface area (Å²) >= 11 is 0. The molecule has 0 radical (unpaired) electrons. The zero-order valence-electron chi connectivity index (χ0n) is 35.1. The van der Waals surface area contributed by atoms with Gasteiger partial charge in [-0.3, -0.25) is 19.2 Å². The zero-order valence-corrected chi connectivity index (χ0v) is 35.1. The van der Waals surface area contributed by atoms with E-state index < -0.39 is 29.0 Å². The van der Waals surface area contributed by atoms with Gasteiger partial charge in [-0.25, -0.2) is 9.80 Å². The Labute approximate surface area is 384 Å². The Balaban J connectivity index is 0.880. The number of carbonyl (C=O) groups is 4. The minimum atomic E-state index is -0.742. The average Bonchev–Trinajstić information content (AvgIpc) is 3.90. The van der Waals surface area contributed by atoms with Crippen molar-refractivity contribution >= 4 is 35.0 Å². The number of nitrogens with zero attached hydrogens (tertiary/aromatic N) is 2. The van der Waals surface area contributed by atoms with Crippen molar-refractivity contribution in [3.63, 3.8) is 0 Å². The number of fused-ring (bicyclic) bond motifs is 5. The number of anilines is 2. The molecule has 0 saturated heterocycles. The van der Waals surface area contributed by atoms with Gasteiger partial charge in [0.1, 0.15) is 46.7 Å². The third-order valence-corrected chi connectivity index (χ3v) is 12.3. The van der Waals surface area contributed by atoms with Crippen molar-refractivity contribution in [1.29, 1.82) is 0 Å². The van der Waals surface area contributed by atoms with Crippen molar-refractivity contribution in [1.82, 2.24) is 0 Å². The van der Waals surface area contributed by atoms with Crippen molar-refractivity contribution in [2.24, 2.45) is 0 Å². The largest absolute Gasteiger partial charge is 0.457 e. The van der Waals surface area contributed by atoms with Crippen LogP contribution in [0.3, 0.4) is 0 Å². The summed E-state index contributed by atoms with van der Waals surface area (Å²) in [6, 6.07) is 55.0. The van der Waals surface area contributed by atoms with Crippen LogP contribution in [0.25, 0.3) is 11.1 Å². The van der Waals surface area contributed by atoms with Gasteiger partial charge in [-0.1, -0.05) is 85.6 Å². The van der Waals surface area contributed by atoms with Gasteiger partial charge in [-0.15, -0.1) is 0 Å². The normalized spacial score (nSPS) is 13.8. The molecule has 8 aromatic rings. The molecule has 67 heavy (non-hydrogen) atoms. The number of amides is 4. The molecule has 0 unspecified atom stereocenters. The van der Waals surface area contributed by atoms with Gasteiger partial charge >= 0.3 is 0 Å². The highest BCUT2D eigenvalue weighted by Crippen LogP contribution is 2.56. The van der Waals surface area contributed by atoms with E-state index >= 15 is 0 Å². The molecule has 0 atom stereocenters. The van der Waals surface area contributed by atoms with Gasteiger partial charge in [0, 0.05) is 0 Å². The Morgan fingerprint density at radius 1 is 0.358 bits per heavy atom. The van der Waals surface area contributed by atoms with Gasteiger partial charge in [0.25, 0.3) is 23.6 Å². The molecule has 2 heterocycles. The van der Waals surface area contributed by atoms with Crippen LogP contribution in [0.5, 0.6) is 34.5 Å². The molecule has 1 aliphatic carbocycles. The molecule has 0 bridgehead atoms. The molecule has 318 valence electrons. The van der Waals surface area contributed by atoms with E-state index in [2.05, 4.69) is 36.5 Å². The van der Waals surface area contributed by atoms with Crippen LogP contribution in [-0.2, 0) is 5.41 Å². The minimum Gasteiger partial charge on any atom is -0.457 e. The van der Waals surface area contributed by atoms with E-state index in [0.29, 0.717) is 45.9 Å². The smallest absolute Gasteiger partial charge is 0.266 e. The second kappa shape index (κ2) is 15.9. The molecule has 0 saturated carbocycles. The maximum Gasteiger partial charge on any atom is 0.266 e. The fourth-order valence-corrected chi connectivity index (χ4v) is 9.34. The summed E-state index contributed by atoms with van der Waals surface area (Å²) in [5, 5.41) is 0. The van der Waals surface area contributed by atoms with Gasteiger partial charge in [-0.05, 0) is 143 Å². The van der Waals surface area contributed by atoms with Crippen LogP contribution in [-0.4, -0.2) is 23.6 Å². The molecule has 0 N–H and O–H groups in total. The Kier molecular flexibility index (Phi) is 9.51. The summed E-state index contributed by atoms with van der Waals surface area (Å²) < 4.78 is 22.8. The predicted molar refractivity (Wildman–Crippen MR) is 251 cm³/mol. The number of ether oxygens (including phenoxy) is 4. The first-order valence-corrected chi connectivity index (χ1v) is 21.0. The van der Waals surface area contributed by atoms with E-state index in [1.54, 1.807) is 84.9 Å². The second-order valence-corrected chi connectivity index (χ2v) is 15.8. The lowest BCUT2D eigenvalue weighted by atomic mass is 9.68. The highest BCUT2D eigenvalue weighted by molar-refractivity contribution is 6.35. The molecule has 0 aromatic heterocycles. The Morgan fingerprint density at radius 3 is 1.09 bits per heavy atom. The molecule has 3 aliphatic rings. The number of hydrogen-bond donors (Lipinski definition) is 0. The molecule has 0 spiro atoms. The average molecular weight is 873 g/mol. The van der Waals surface area contributed by atoms with Gasteiger partial charge in [0.2, 0.25) is 0 Å². The van der Waals surface area contributed by atoms with Crippen LogP contribution < -0.4 is 28.7 Å². The van der Waals surface area contributed by atoms with E-state index in [-0.39, 0.29) is 22.3 Å². The molecule has 8 aromatic carbocycles. The number of benzene rings is 8. The minimum absolute atomic E-state index is 0.232. The standard InChI is InChI=1S/C57H32N2O8/c1-3-64-39-25-17-37(18-26-39)58-53(60)47-31-29-43(33-49(47)55(58)62)66-41-21-13-35(14-22-41)57(51-11-7-5-9-45(51)46-10-6-8-12-52(46)57)36-15-23-42(24-16-36)67-44-30-32-48-50(34-44)56(63)59(54(48)61)38-19-27-40(28-20-38)65-4-2/h1-2,5-34H. The van der Waals surface area contributed by atoms with Crippen LogP contribution in [0.2, 0.25) is 0 Å². The summed E-state index contributed by atoms with van der Waals surface area (Å²) in [6.45, 7) is 0. The van der Waals surface area contributed by atoms with E-state index in [4.69, 9.17) is 31.8 Å². The number of carbonyl (C=O) groups excluding carboxylic acids is 4. The third-order valence-electron chi connectivity index (χ3n) is 12.3. The van der Waals surface area contributed by atoms with E-state index in [1.807, 2.05) is 72.8 Å². The lowest BCUT2D eigenvalue weighted by molar-refractivity contribution is 0.0910. The summed E-state index contributed by atoms with van der Waals surface area (Å²) in [4.78, 5) is 56.1. The topological polar surface area (TPSA) is 112 Å². The Morgan fingerprint density at radius 2 is 0.701 bits per heavy atom. The summed E-state index contributed by atoms with van der Waals surface area (Å²) in [7, 11) is 0. The number of terminal acetylenes is 2. The number of hydrogen-bond acceptors (Lipinski definition) is 8. The predicted octanol–water partition coefficient (Wildman–Crippen LogP) is 11.2. The van der Waals surface area contributed by atoms with Crippen molar-refractivity contribution in [3.8, 4) is 70.7 Å². The number of rotatable bonds is 10. The molecular weight excluding hydrogens is 841 g/mol.